The van der Waals surface area contributed by atoms with E-state index < -0.39 is 17.3 Å². The van der Waals surface area contributed by atoms with Crippen LogP contribution in [0.5, 0.6) is 0 Å². The first-order valence-corrected chi connectivity index (χ1v) is 9.20. The molecule has 1 heterocycles. The number of rotatable bonds is 5. The predicted molar refractivity (Wildman–Crippen MR) is 116 cm³/mol. The molecule has 0 radical (unpaired) electrons. The fourth-order valence-corrected chi connectivity index (χ4v) is 3.40. The second-order valence-corrected chi connectivity index (χ2v) is 7.46. The number of nitrogens with zero attached hydrogens (tertiary/aromatic N) is 1. The summed E-state index contributed by atoms with van der Waals surface area (Å²) in [6.07, 6.45) is -3.55. The molecule has 2 aromatic carbocycles. The van der Waals surface area contributed by atoms with Gasteiger partial charge < -0.3 is 11.1 Å². The van der Waals surface area contributed by atoms with Crippen LogP contribution in [0.1, 0.15) is 30.0 Å². The van der Waals surface area contributed by atoms with Gasteiger partial charge in [0.2, 0.25) is 5.91 Å². The Morgan fingerprint density at radius 1 is 1.07 bits per heavy atom. The fourth-order valence-electron chi connectivity index (χ4n) is 3.40. The number of benzene rings is 2. The maximum Gasteiger partial charge on any atom is 0.416 e. The zero-order valence-electron chi connectivity index (χ0n) is 16.5. The van der Waals surface area contributed by atoms with Gasteiger partial charge in [0.15, 0.2) is 0 Å². The summed E-state index contributed by atoms with van der Waals surface area (Å²) in [5.41, 5.74) is 6.04. The van der Waals surface area contributed by atoms with Crippen molar-refractivity contribution in [3.63, 3.8) is 0 Å². The topological polar surface area (TPSA) is 58.4 Å². The van der Waals surface area contributed by atoms with Crippen molar-refractivity contribution in [2.75, 3.05) is 13.1 Å². The molecule has 1 aliphatic heterocycles. The minimum Gasteiger partial charge on any atom is -0.350 e. The second kappa shape index (κ2) is 10.5. The standard InChI is InChI=1S/C21H24F3N3O.2ClH/c1-20(25,16-5-3-2-4-6-16)19(28)26-18-11-12-27(14-18)13-15-7-9-17(10-8-15)21(22,23)24;;/h2-10,18H,11-14,25H2,1H3,(H,26,28);2*1H. The summed E-state index contributed by atoms with van der Waals surface area (Å²) < 4.78 is 38.0. The van der Waals surface area contributed by atoms with E-state index in [-0.39, 0.29) is 36.8 Å². The van der Waals surface area contributed by atoms with Crippen molar-refractivity contribution in [3.05, 3.63) is 71.3 Å². The molecule has 3 N–H and O–H groups in total. The van der Waals surface area contributed by atoms with Crippen LogP contribution < -0.4 is 11.1 Å². The predicted octanol–water partition coefficient (Wildman–Crippen LogP) is 4.11. The van der Waals surface area contributed by atoms with Gasteiger partial charge in [-0.2, -0.15) is 13.2 Å². The molecule has 3 rings (SSSR count). The second-order valence-electron chi connectivity index (χ2n) is 7.46. The molecule has 1 aliphatic rings. The number of likely N-dealkylation sites (tertiary alicyclic amines) is 1. The maximum atomic E-state index is 12.7. The summed E-state index contributed by atoms with van der Waals surface area (Å²) in [7, 11) is 0. The summed E-state index contributed by atoms with van der Waals surface area (Å²) in [5, 5.41) is 3.01. The van der Waals surface area contributed by atoms with E-state index in [2.05, 4.69) is 10.2 Å². The van der Waals surface area contributed by atoms with E-state index in [1.165, 1.54) is 12.1 Å². The number of halogens is 5. The molecule has 1 fully saturated rings. The normalized spacial score (nSPS) is 18.6. The number of nitrogens with two attached hydrogens (primary N) is 1. The van der Waals surface area contributed by atoms with Crippen LogP contribution in [0, 0.1) is 0 Å². The Morgan fingerprint density at radius 3 is 2.23 bits per heavy atom. The van der Waals surface area contributed by atoms with Crippen LogP contribution in [-0.4, -0.2) is 29.9 Å². The lowest BCUT2D eigenvalue weighted by Crippen LogP contribution is -2.52. The van der Waals surface area contributed by atoms with Crippen molar-refractivity contribution in [2.24, 2.45) is 5.73 Å². The van der Waals surface area contributed by atoms with E-state index >= 15 is 0 Å². The van der Waals surface area contributed by atoms with E-state index in [9.17, 15) is 18.0 Å². The van der Waals surface area contributed by atoms with E-state index in [1.807, 2.05) is 30.3 Å². The van der Waals surface area contributed by atoms with Gasteiger partial charge in [-0.3, -0.25) is 9.69 Å². The van der Waals surface area contributed by atoms with Gasteiger partial charge in [-0.05, 0) is 36.6 Å². The van der Waals surface area contributed by atoms with Crippen LogP contribution in [0.4, 0.5) is 13.2 Å². The number of alkyl halides is 3. The van der Waals surface area contributed by atoms with Gasteiger partial charge in [-0.15, -0.1) is 24.8 Å². The number of hydrogen-bond donors (Lipinski definition) is 2. The van der Waals surface area contributed by atoms with Gasteiger partial charge in [0, 0.05) is 25.7 Å². The lowest BCUT2D eigenvalue weighted by atomic mass is 9.92. The van der Waals surface area contributed by atoms with Gasteiger partial charge in [0.1, 0.15) is 5.54 Å². The number of hydrogen-bond acceptors (Lipinski definition) is 3. The molecule has 2 unspecified atom stereocenters. The summed E-state index contributed by atoms with van der Waals surface area (Å²) in [5.74, 6) is -0.236. The molecule has 1 amide bonds. The highest BCUT2D eigenvalue weighted by atomic mass is 35.5. The smallest absolute Gasteiger partial charge is 0.350 e. The van der Waals surface area contributed by atoms with Crippen LogP contribution >= 0.6 is 24.8 Å². The maximum absolute atomic E-state index is 12.7. The molecule has 2 atom stereocenters. The highest BCUT2D eigenvalue weighted by Gasteiger charge is 2.34. The van der Waals surface area contributed by atoms with E-state index in [0.717, 1.165) is 36.2 Å². The van der Waals surface area contributed by atoms with Crippen molar-refractivity contribution < 1.29 is 18.0 Å². The minimum absolute atomic E-state index is 0. The lowest BCUT2D eigenvalue weighted by molar-refractivity contribution is -0.137. The molecular weight excluding hydrogens is 438 g/mol. The molecule has 30 heavy (non-hydrogen) atoms. The zero-order chi connectivity index (χ0) is 20.4. The van der Waals surface area contributed by atoms with Crippen molar-refractivity contribution >= 4 is 30.7 Å². The molecule has 0 saturated carbocycles. The summed E-state index contributed by atoms with van der Waals surface area (Å²) >= 11 is 0. The quantitative estimate of drug-likeness (QED) is 0.701. The zero-order valence-corrected chi connectivity index (χ0v) is 18.1. The SMILES string of the molecule is CC(N)(C(=O)NC1CCN(Cc2ccc(C(F)(F)F)cc2)C1)c1ccccc1.Cl.Cl. The Labute approximate surface area is 186 Å². The third-order valence-corrected chi connectivity index (χ3v) is 5.14. The minimum atomic E-state index is -4.32. The first kappa shape index (κ1) is 26.2. The molecule has 166 valence electrons. The van der Waals surface area contributed by atoms with Crippen LogP contribution in [0.25, 0.3) is 0 Å². The first-order chi connectivity index (χ1) is 13.2. The van der Waals surface area contributed by atoms with Crippen molar-refractivity contribution in [1.29, 1.82) is 0 Å². The van der Waals surface area contributed by atoms with Gasteiger partial charge in [-0.25, -0.2) is 0 Å². The van der Waals surface area contributed by atoms with Gasteiger partial charge >= 0.3 is 6.18 Å². The van der Waals surface area contributed by atoms with Crippen LogP contribution in [-0.2, 0) is 23.1 Å². The third-order valence-electron chi connectivity index (χ3n) is 5.14. The molecule has 4 nitrogen and oxygen atoms in total. The molecule has 0 bridgehead atoms. The van der Waals surface area contributed by atoms with Gasteiger partial charge in [-0.1, -0.05) is 42.5 Å². The van der Waals surface area contributed by atoms with Crippen LogP contribution in [0.15, 0.2) is 54.6 Å². The van der Waals surface area contributed by atoms with Gasteiger partial charge in [0.25, 0.3) is 0 Å². The Bertz CT molecular complexity index is 814. The van der Waals surface area contributed by atoms with E-state index in [4.69, 9.17) is 5.73 Å². The molecule has 9 heteroatoms. The summed E-state index contributed by atoms with van der Waals surface area (Å²) in [4.78, 5) is 14.8. The average Bonchev–Trinajstić information content (AvgIpc) is 3.09. The number of carbonyl (C=O) groups is 1. The molecular formula is C21H26Cl2F3N3O. The Hall–Kier alpha value is -1.80. The number of amides is 1. The largest absolute Gasteiger partial charge is 0.416 e. The highest BCUT2D eigenvalue weighted by molar-refractivity contribution is 5.87. The molecule has 2 aromatic rings. The van der Waals surface area contributed by atoms with Gasteiger partial charge in [0.05, 0.1) is 5.56 Å². The van der Waals surface area contributed by atoms with Crippen molar-refractivity contribution in [2.45, 2.75) is 37.6 Å². The van der Waals surface area contributed by atoms with E-state index in [1.54, 1.807) is 6.92 Å². The first-order valence-electron chi connectivity index (χ1n) is 9.20. The summed E-state index contributed by atoms with van der Waals surface area (Å²) in [6, 6.07) is 14.4. The average molecular weight is 464 g/mol. The Morgan fingerprint density at radius 2 is 1.67 bits per heavy atom. The molecule has 0 aliphatic carbocycles. The lowest BCUT2D eigenvalue weighted by Gasteiger charge is -2.26. The van der Waals surface area contributed by atoms with Crippen molar-refractivity contribution in [1.82, 2.24) is 10.2 Å². The van der Waals surface area contributed by atoms with Crippen molar-refractivity contribution in [3.8, 4) is 0 Å². The molecule has 0 spiro atoms. The number of carbonyl (C=O) groups excluding carboxylic acids is 1. The Balaban J connectivity index is 0.00000225. The fraction of sp³-hybridized carbons (Fsp3) is 0.381. The highest BCUT2D eigenvalue weighted by Crippen LogP contribution is 2.29. The van der Waals surface area contributed by atoms with Crippen LogP contribution in [0.3, 0.4) is 0 Å². The number of nitrogens with one attached hydrogen (secondary N) is 1. The monoisotopic (exact) mass is 463 g/mol. The molecule has 1 saturated heterocycles. The summed E-state index contributed by atoms with van der Waals surface area (Å²) in [6.45, 7) is 3.63. The Kier molecular flexibility index (Phi) is 9.17. The van der Waals surface area contributed by atoms with E-state index in [0.29, 0.717) is 13.1 Å². The third kappa shape index (κ3) is 6.35. The molecule has 0 aromatic heterocycles. The van der Waals surface area contributed by atoms with Crippen LogP contribution in [0.2, 0.25) is 0 Å².